The number of hydrogen-bond acceptors (Lipinski definition) is 4. The highest BCUT2D eigenvalue weighted by atomic mass is 16.5. The van der Waals surface area contributed by atoms with Crippen LogP contribution < -0.4 is 0 Å². The van der Waals surface area contributed by atoms with Crippen LogP contribution >= 0.6 is 0 Å². The summed E-state index contributed by atoms with van der Waals surface area (Å²) in [5.74, 6) is 0.117. The Bertz CT molecular complexity index is 269. The number of esters is 2. The molecular weight excluding hydrogens is 244 g/mol. The molecule has 0 aromatic rings. The first-order chi connectivity index (χ1) is 9.22. The summed E-state index contributed by atoms with van der Waals surface area (Å²) in [7, 11) is 0. The van der Waals surface area contributed by atoms with Crippen LogP contribution in [0.2, 0.25) is 0 Å². The Morgan fingerprint density at radius 1 is 0.947 bits per heavy atom. The van der Waals surface area contributed by atoms with Crippen LogP contribution in [0.4, 0.5) is 0 Å². The van der Waals surface area contributed by atoms with Crippen molar-refractivity contribution in [2.75, 3.05) is 13.2 Å². The van der Waals surface area contributed by atoms with E-state index in [0.717, 1.165) is 18.8 Å². The topological polar surface area (TPSA) is 52.6 Å². The van der Waals surface area contributed by atoms with Crippen LogP contribution in [0.3, 0.4) is 0 Å². The van der Waals surface area contributed by atoms with Gasteiger partial charge in [-0.1, -0.05) is 39.0 Å². The fraction of sp³-hybridized carbons (Fsp3) is 0.867. The molecule has 0 spiro atoms. The van der Waals surface area contributed by atoms with Gasteiger partial charge in [-0.2, -0.15) is 0 Å². The molecule has 4 nitrogen and oxygen atoms in total. The standard InChI is InChI=1S/C15H26O4/c1-2-11-18-14(16)8-9-15(17)19-12-10-13-6-4-3-5-7-13/h13H,2-12H2,1H3. The Hall–Kier alpha value is -1.06. The number of carbonyl (C=O) groups is 2. The maximum atomic E-state index is 11.4. The van der Waals surface area contributed by atoms with Gasteiger partial charge in [-0.15, -0.1) is 0 Å². The fourth-order valence-corrected chi connectivity index (χ4v) is 2.38. The van der Waals surface area contributed by atoms with Gasteiger partial charge >= 0.3 is 11.9 Å². The number of hydrogen-bond donors (Lipinski definition) is 0. The van der Waals surface area contributed by atoms with E-state index in [1.807, 2.05) is 6.92 Å². The van der Waals surface area contributed by atoms with E-state index >= 15 is 0 Å². The minimum Gasteiger partial charge on any atom is -0.466 e. The lowest BCUT2D eigenvalue weighted by atomic mass is 9.87. The van der Waals surface area contributed by atoms with Crippen molar-refractivity contribution in [3.8, 4) is 0 Å². The SMILES string of the molecule is CCCOC(=O)CCC(=O)OCCC1CCCCC1. The van der Waals surface area contributed by atoms with Crippen LogP contribution in [0.25, 0.3) is 0 Å². The molecule has 1 rings (SSSR count). The third kappa shape index (κ3) is 7.85. The average molecular weight is 270 g/mol. The van der Waals surface area contributed by atoms with Crippen molar-refractivity contribution in [2.24, 2.45) is 5.92 Å². The Kier molecular flexibility index (Phi) is 8.26. The second-order valence-electron chi connectivity index (χ2n) is 5.23. The first-order valence-electron chi connectivity index (χ1n) is 7.53. The second kappa shape index (κ2) is 9.82. The van der Waals surface area contributed by atoms with Gasteiger partial charge in [0, 0.05) is 0 Å². The van der Waals surface area contributed by atoms with Gasteiger partial charge in [0.15, 0.2) is 0 Å². The molecule has 0 aromatic heterocycles. The first kappa shape index (κ1) is 16.0. The van der Waals surface area contributed by atoms with Crippen LogP contribution in [-0.4, -0.2) is 25.2 Å². The lowest BCUT2D eigenvalue weighted by molar-refractivity contribution is -0.150. The van der Waals surface area contributed by atoms with Gasteiger partial charge in [-0.05, 0) is 18.8 Å². The second-order valence-corrected chi connectivity index (χ2v) is 5.23. The highest BCUT2D eigenvalue weighted by molar-refractivity contribution is 5.77. The molecule has 0 bridgehead atoms. The van der Waals surface area contributed by atoms with Crippen LogP contribution in [0.1, 0.15) is 64.7 Å². The summed E-state index contributed by atoms with van der Waals surface area (Å²) in [4.78, 5) is 22.6. The number of carbonyl (C=O) groups excluding carboxylic acids is 2. The van der Waals surface area contributed by atoms with E-state index in [4.69, 9.17) is 9.47 Å². The molecule has 1 aliphatic rings. The van der Waals surface area contributed by atoms with Gasteiger partial charge in [0.1, 0.15) is 0 Å². The maximum absolute atomic E-state index is 11.4. The van der Waals surface area contributed by atoms with Gasteiger partial charge in [-0.3, -0.25) is 9.59 Å². The van der Waals surface area contributed by atoms with Crippen LogP contribution in [0, 0.1) is 5.92 Å². The molecular formula is C15H26O4. The van der Waals surface area contributed by atoms with Crippen molar-refractivity contribution in [2.45, 2.75) is 64.7 Å². The van der Waals surface area contributed by atoms with Gasteiger partial charge in [0.05, 0.1) is 26.1 Å². The van der Waals surface area contributed by atoms with E-state index in [1.54, 1.807) is 0 Å². The fourth-order valence-electron chi connectivity index (χ4n) is 2.38. The quantitative estimate of drug-likeness (QED) is 0.635. The Morgan fingerprint density at radius 2 is 1.53 bits per heavy atom. The summed E-state index contributed by atoms with van der Waals surface area (Å²) >= 11 is 0. The largest absolute Gasteiger partial charge is 0.466 e. The van der Waals surface area contributed by atoms with Gasteiger partial charge in [0.2, 0.25) is 0 Å². The molecule has 1 saturated carbocycles. The molecule has 1 fully saturated rings. The van der Waals surface area contributed by atoms with E-state index in [1.165, 1.54) is 32.1 Å². The zero-order chi connectivity index (χ0) is 13.9. The minimum absolute atomic E-state index is 0.127. The first-order valence-corrected chi connectivity index (χ1v) is 7.53. The monoisotopic (exact) mass is 270 g/mol. The van der Waals surface area contributed by atoms with Crippen LogP contribution in [0.5, 0.6) is 0 Å². The molecule has 19 heavy (non-hydrogen) atoms. The molecule has 0 saturated heterocycles. The molecule has 0 radical (unpaired) electrons. The van der Waals surface area contributed by atoms with Gasteiger partial charge in [0.25, 0.3) is 0 Å². The molecule has 0 amide bonds. The minimum atomic E-state index is -0.314. The van der Waals surface area contributed by atoms with Crippen molar-refractivity contribution in [1.82, 2.24) is 0 Å². The third-order valence-corrected chi connectivity index (χ3v) is 3.51. The summed E-state index contributed by atoms with van der Waals surface area (Å²) in [6.45, 7) is 2.86. The molecule has 4 heteroatoms. The molecule has 0 aliphatic heterocycles. The Balaban J connectivity index is 1.99. The Morgan fingerprint density at radius 3 is 2.11 bits per heavy atom. The lowest BCUT2D eigenvalue weighted by Crippen LogP contribution is -2.14. The van der Waals surface area contributed by atoms with Gasteiger partial charge < -0.3 is 9.47 Å². The molecule has 110 valence electrons. The lowest BCUT2D eigenvalue weighted by Gasteiger charge is -2.21. The number of rotatable bonds is 8. The molecule has 0 aromatic carbocycles. The van der Waals surface area contributed by atoms with Crippen molar-refractivity contribution >= 4 is 11.9 Å². The van der Waals surface area contributed by atoms with Crippen LogP contribution in [0.15, 0.2) is 0 Å². The van der Waals surface area contributed by atoms with Crippen molar-refractivity contribution in [3.05, 3.63) is 0 Å². The zero-order valence-electron chi connectivity index (χ0n) is 12.0. The van der Waals surface area contributed by atoms with E-state index in [-0.39, 0.29) is 24.8 Å². The highest BCUT2D eigenvalue weighted by Gasteiger charge is 2.14. The zero-order valence-corrected chi connectivity index (χ0v) is 12.0. The number of ether oxygens (including phenoxy) is 2. The molecule has 0 N–H and O–H groups in total. The molecule has 1 aliphatic carbocycles. The summed E-state index contributed by atoms with van der Waals surface area (Å²) in [6.07, 6.45) is 8.51. The third-order valence-electron chi connectivity index (χ3n) is 3.51. The van der Waals surface area contributed by atoms with Crippen LogP contribution in [-0.2, 0) is 19.1 Å². The van der Waals surface area contributed by atoms with E-state index in [9.17, 15) is 9.59 Å². The summed E-state index contributed by atoms with van der Waals surface area (Å²) in [5, 5.41) is 0. The summed E-state index contributed by atoms with van der Waals surface area (Å²) < 4.78 is 10.0. The highest BCUT2D eigenvalue weighted by Crippen LogP contribution is 2.26. The average Bonchev–Trinajstić information content (AvgIpc) is 2.44. The predicted octanol–water partition coefficient (Wildman–Crippen LogP) is 3.23. The normalized spacial score (nSPS) is 16.1. The van der Waals surface area contributed by atoms with Crippen molar-refractivity contribution in [3.63, 3.8) is 0 Å². The molecule has 0 heterocycles. The summed E-state index contributed by atoms with van der Waals surface area (Å²) in [6, 6.07) is 0. The van der Waals surface area contributed by atoms with E-state index in [2.05, 4.69) is 0 Å². The van der Waals surface area contributed by atoms with E-state index in [0.29, 0.717) is 13.2 Å². The predicted molar refractivity (Wildman–Crippen MR) is 72.6 cm³/mol. The van der Waals surface area contributed by atoms with Gasteiger partial charge in [-0.25, -0.2) is 0 Å². The van der Waals surface area contributed by atoms with E-state index < -0.39 is 0 Å². The summed E-state index contributed by atoms with van der Waals surface area (Å²) in [5.41, 5.74) is 0. The smallest absolute Gasteiger partial charge is 0.306 e. The molecule has 0 unspecified atom stereocenters. The van der Waals surface area contributed by atoms with Crippen molar-refractivity contribution in [1.29, 1.82) is 0 Å². The maximum Gasteiger partial charge on any atom is 0.306 e. The van der Waals surface area contributed by atoms with Crippen molar-refractivity contribution < 1.29 is 19.1 Å². The molecule has 0 atom stereocenters. The Labute approximate surface area is 115 Å².